The van der Waals surface area contributed by atoms with E-state index in [9.17, 15) is 0 Å². The second-order valence-corrected chi connectivity index (χ2v) is 6.00. The zero-order valence-corrected chi connectivity index (χ0v) is 11.4. The maximum atomic E-state index is 6.22. The van der Waals surface area contributed by atoms with Gasteiger partial charge in [-0.05, 0) is 30.9 Å². The molecule has 17 heavy (non-hydrogen) atoms. The van der Waals surface area contributed by atoms with Crippen molar-refractivity contribution in [3.8, 4) is 5.75 Å². The van der Waals surface area contributed by atoms with E-state index >= 15 is 0 Å². The summed E-state index contributed by atoms with van der Waals surface area (Å²) < 4.78 is 6.01. The van der Waals surface area contributed by atoms with Crippen molar-refractivity contribution in [2.75, 3.05) is 11.5 Å². The second kappa shape index (κ2) is 5.78. The van der Waals surface area contributed by atoms with Gasteiger partial charge in [0.05, 0.1) is 0 Å². The third kappa shape index (κ3) is 3.17. The molecule has 1 aliphatic rings. The fraction of sp³-hybridized carbons (Fsp3) is 0.571. The Labute approximate surface area is 108 Å². The first-order valence-electron chi connectivity index (χ1n) is 6.31. The van der Waals surface area contributed by atoms with Crippen molar-refractivity contribution in [3.05, 3.63) is 29.3 Å². The van der Waals surface area contributed by atoms with Crippen LogP contribution in [0.3, 0.4) is 0 Å². The molecule has 0 saturated heterocycles. The summed E-state index contributed by atoms with van der Waals surface area (Å²) in [7, 11) is 0. The summed E-state index contributed by atoms with van der Waals surface area (Å²) in [6, 6.07) is 6.44. The summed E-state index contributed by atoms with van der Waals surface area (Å²) in [6.45, 7) is 4.28. The van der Waals surface area contributed by atoms with Crippen LogP contribution in [-0.4, -0.2) is 17.6 Å². The Morgan fingerprint density at radius 1 is 1.47 bits per heavy atom. The van der Waals surface area contributed by atoms with E-state index < -0.39 is 0 Å². The molecule has 2 nitrogen and oxygen atoms in total. The predicted octanol–water partition coefficient (Wildman–Crippen LogP) is 3.29. The molecule has 0 radical (unpaired) electrons. The van der Waals surface area contributed by atoms with E-state index in [2.05, 4.69) is 32.0 Å². The van der Waals surface area contributed by atoms with Crippen LogP contribution >= 0.6 is 11.8 Å². The molecule has 1 heterocycles. The summed E-state index contributed by atoms with van der Waals surface area (Å²) in [6.07, 6.45) is 2.33. The van der Waals surface area contributed by atoms with Crippen molar-refractivity contribution in [2.24, 2.45) is 5.73 Å². The lowest BCUT2D eigenvalue weighted by molar-refractivity contribution is 0.156. The van der Waals surface area contributed by atoms with Crippen molar-refractivity contribution >= 4 is 11.8 Å². The van der Waals surface area contributed by atoms with Crippen LogP contribution in [0.25, 0.3) is 0 Å². The number of nitrogens with two attached hydrogens (primary N) is 1. The standard InChI is InChI=1S/C14H21NOS/c1-3-17-7-6-11-9-13(15)12-8-10(2)4-5-14(12)16-11/h4-5,8,11,13H,3,6-7,9,15H2,1-2H3. The van der Waals surface area contributed by atoms with Crippen LogP contribution in [0.1, 0.15) is 36.9 Å². The van der Waals surface area contributed by atoms with E-state index in [0.29, 0.717) is 6.10 Å². The van der Waals surface area contributed by atoms with Crippen molar-refractivity contribution in [1.29, 1.82) is 0 Å². The molecule has 0 spiro atoms. The molecule has 0 fully saturated rings. The predicted molar refractivity (Wildman–Crippen MR) is 74.8 cm³/mol. The van der Waals surface area contributed by atoms with E-state index in [-0.39, 0.29) is 6.04 Å². The number of fused-ring (bicyclic) bond motifs is 1. The topological polar surface area (TPSA) is 35.2 Å². The summed E-state index contributed by atoms with van der Waals surface area (Å²) in [5.74, 6) is 3.32. The van der Waals surface area contributed by atoms with Crippen molar-refractivity contribution in [3.63, 3.8) is 0 Å². The minimum Gasteiger partial charge on any atom is -0.490 e. The van der Waals surface area contributed by atoms with Gasteiger partial charge in [0, 0.05) is 18.0 Å². The number of benzene rings is 1. The summed E-state index contributed by atoms with van der Waals surface area (Å²) in [5.41, 5.74) is 8.65. The van der Waals surface area contributed by atoms with E-state index in [1.165, 1.54) is 16.9 Å². The third-order valence-electron chi connectivity index (χ3n) is 3.16. The first kappa shape index (κ1) is 12.8. The highest BCUT2D eigenvalue weighted by atomic mass is 32.2. The number of aryl methyl sites for hydroxylation is 1. The Balaban J connectivity index is 2.03. The Morgan fingerprint density at radius 3 is 3.06 bits per heavy atom. The van der Waals surface area contributed by atoms with Crippen molar-refractivity contribution < 1.29 is 4.74 Å². The maximum absolute atomic E-state index is 6.22. The number of hydrogen-bond acceptors (Lipinski definition) is 3. The molecule has 1 aromatic carbocycles. The number of hydrogen-bond donors (Lipinski definition) is 1. The van der Waals surface area contributed by atoms with Gasteiger partial charge in [-0.15, -0.1) is 0 Å². The van der Waals surface area contributed by atoms with E-state index in [1.807, 2.05) is 11.8 Å². The van der Waals surface area contributed by atoms with Gasteiger partial charge in [-0.1, -0.05) is 24.6 Å². The molecule has 1 aliphatic heterocycles. The van der Waals surface area contributed by atoms with Crippen LogP contribution in [0, 0.1) is 6.92 Å². The summed E-state index contributed by atoms with van der Waals surface area (Å²) in [5, 5.41) is 0. The number of rotatable bonds is 4. The normalized spacial score (nSPS) is 23.0. The summed E-state index contributed by atoms with van der Waals surface area (Å²) in [4.78, 5) is 0. The van der Waals surface area contributed by atoms with Gasteiger partial charge in [0.2, 0.25) is 0 Å². The summed E-state index contributed by atoms with van der Waals surface area (Å²) >= 11 is 1.97. The van der Waals surface area contributed by atoms with Crippen LogP contribution in [0.2, 0.25) is 0 Å². The van der Waals surface area contributed by atoms with E-state index in [0.717, 1.165) is 24.3 Å². The van der Waals surface area contributed by atoms with Gasteiger partial charge in [-0.25, -0.2) is 0 Å². The molecule has 2 atom stereocenters. The van der Waals surface area contributed by atoms with Gasteiger partial charge >= 0.3 is 0 Å². The Bertz CT molecular complexity index is 380. The molecule has 0 amide bonds. The van der Waals surface area contributed by atoms with Gasteiger partial charge in [0.25, 0.3) is 0 Å². The van der Waals surface area contributed by atoms with Crippen molar-refractivity contribution in [2.45, 2.75) is 38.8 Å². The van der Waals surface area contributed by atoms with Crippen LogP contribution in [-0.2, 0) is 0 Å². The largest absolute Gasteiger partial charge is 0.490 e. The zero-order valence-electron chi connectivity index (χ0n) is 10.6. The average Bonchev–Trinajstić information content (AvgIpc) is 2.31. The molecule has 0 saturated carbocycles. The molecule has 0 aliphatic carbocycles. The van der Waals surface area contributed by atoms with Gasteiger partial charge in [-0.3, -0.25) is 0 Å². The molecule has 2 rings (SSSR count). The molecule has 2 N–H and O–H groups in total. The average molecular weight is 251 g/mol. The number of thioether (sulfide) groups is 1. The molecule has 0 bridgehead atoms. The van der Waals surface area contributed by atoms with Crippen molar-refractivity contribution in [1.82, 2.24) is 0 Å². The molecule has 94 valence electrons. The van der Waals surface area contributed by atoms with Gasteiger partial charge in [-0.2, -0.15) is 11.8 Å². The highest BCUT2D eigenvalue weighted by Crippen LogP contribution is 2.35. The third-order valence-corrected chi connectivity index (χ3v) is 4.10. The lowest BCUT2D eigenvalue weighted by atomic mass is 9.95. The van der Waals surface area contributed by atoms with E-state index in [4.69, 9.17) is 10.5 Å². The van der Waals surface area contributed by atoms with Crippen LogP contribution < -0.4 is 10.5 Å². The maximum Gasteiger partial charge on any atom is 0.124 e. The highest BCUT2D eigenvalue weighted by molar-refractivity contribution is 7.99. The zero-order chi connectivity index (χ0) is 12.3. The lowest BCUT2D eigenvalue weighted by Crippen LogP contribution is -2.30. The highest BCUT2D eigenvalue weighted by Gasteiger charge is 2.25. The minimum absolute atomic E-state index is 0.135. The molecular formula is C14H21NOS. The molecule has 1 aromatic rings. The second-order valence-electron chi connectivity index (χ2n) is 4.61. The van der Waals surface area contributed by atoms with Gasteiger partial charge < -0.3 is 10.5 Å². The Kier molecular flexibility index (Phi) is 4.35. The Hall–Kier alpha value is -0.670. The van der Waals surface area contributed by atoms with Crippen LogP contribution in [0.5, 0.6) is 5.75 Å². The number of ether oxygens (including phenoxy) is 1. The minimum atomic E-state index is 0.135. The van der Waals surface area contributed by atoms with Crippen LogP contribution in [0.4, 0.5) is 0 Å². The monoisotopic (exact) mass is 251 g/mol. The van der Waals surface area contributed by atoms with Gasteiger partial charge in [0.1, 0.15) is 11.9 Å². The molecular weight excluding hydrogens is 230 g/mol. The molecule has 0 aromatic heterocycles. The smallest absolute Gasteiger partial charge is 0.124 e. The fourth-order valence-corrected chi connectivity index (χ4v) is 2.96. The Morgan fingerprint density at radius 2 is 2.29 bits per heavy atom. The molecule has 3 heteroatoms. The lowest BCUT2D eigenvalue weighted by Gasteiger charge is -2.30. The van der Waals surface area contributed by atoms with Crippen LogP contribution in [0.15, 0.2) is 18.2 Å². The quantitative estimate of drug-likeness (QED) is 0.834. The first-order valence-corrected chi connectivity index (χ1v) is 7.46. The fourth-order valence-electron chi connectivity index (χ4n) is 2.24. The molecule has 2 unspecified atom stereocenters. The SMILES string of the molecule is CCSCCC1CC(N)c2cc(C)ccc2O1. The first-order chi connectivity index (χ1) is 8.20. The van der Waals surface area contributed by atoms with E-state index in [1.54, 1.807) is 0 Å². The van der Waals surface area contributed by atoms with Gasteiger partial charge in [0.15, 0.2) is 0 Å².